The second-order valence-corrected chi connectivity index (χ2v) is 8.29. The summed E-state index contributed by atoms with van der Waals surface area (Å²) in [4.78, 5) is 12.1. The van der Waals surface area contributed by atoms with Crippen molar-refractivity contribution in [1.29, 1.82) is 0 Å². The van der Waals surface area contributed by atoms with Gasteiger partial charge in [0.1, 0.15) is 0 Å². The quantitative estimate of drug-likeness (QED) is 0.837. The highest BCUT2D eigenvalue weighted by atomic mass is 32.2. The Hall–Kier alpha value is -2.22. The van der Waals surface area contributed by atoms with Crippen molar-refractivity contribution < 1.29 is 13.2 Å². The lowest BCUT2D eigenvalue weighted by Crippen LogP contribution is -2.40. The Balaban J connectivity index is 1.58. The maximum atomic E-state index is 12.7. The van der Waals surface area contributed by atoms with Crippen LogP contribution in [0.5, 0.6) is 0 Å². The fourth-order valence-electron chi connectivity index (χ4n) is 2.93. The van der Waals surface area contributed by atoms with E-state index in [9.17, 15) is 13.2 Å². The van der Waals surface area contributed by atoms with E-state index in [0.717, 1.165) is 16.7 Å². The van der Waals surface area contributed by atoms with Crippen LogP contribution in [0.3, 0.4) is 0 Å². The largest absolute Gasteiger partial charge is 0.351 e. The van der Waals surface area contributed by atoms with Crippen LogP contribution in [-0.2, 0) is 28.1 Å². The molecule has 0 aliphatic carbocycles. The van der Waals surface area contributed by atoms with Crippen molar-refractivity contribution in [3.63, 3.8) is 0 Å². The number of carbonyl (C=O) groups is 1. The molecule has 1 heterocycles. The molecule has 2 aromatic rings. The Morgan fingerprint density at radius 1 is 1.00 bits per heavy atom. The third-order valence-electron chi connectivity index (χ3n) is 4.51. The second-order valence-electron chi connectivity index (χ2n) is 6.36. The van der Waals surface area contributed by atoms with Gasteiger partial charge in [0.05, 0.1) is 6.54 Å². The van der Waals surface area contributed by atoms with Gasteiger partial charge in [-0.15, -0.1) is 0 Å². The van der Waals surface area contributed by atoms with Crippen molar-refractivity contribution in [3.05, 3.63) is 71.3 Å². The van der Waals surface area contributed by atoms with Gasteiger partial charge in [-0.3, -0.25) is 4.79 Å². The van der Waals surface area contributed by atoms with Gasteiger partial charge in [0.2, 0.25) is 5.91 Å². The maximum absolute atomic E-state index is 12.7. The predicted molar refractivity (Wildman–Crippen MR) is 100 cm³/mol. The van der Waals surface area contributed by atoms with Crippen molar-refractivity contribution in [3.8, 4) is 0 Å². The topological polar surface area (TPSA) is 69.7 Å². The summed E-state index contributed by atoms with van der Waals surface area (Å²) in [6, 6.07) is 17.3. The molecule has 1 aliphatic heterocycles. The van der Waals surface area contributed by atoms with Gasteiger partial charge in [-0.25, -0.2) is 0 Å². The molecule has 1 aliphatic rings. The molecule has 0 atom stereocenters. The zero-order valence-corrected chi connectivity index (χ0v) is 15.6. The third kappa shape index (κ3) is 4.30. The molecule has 0 bridgehead atoms. The van der Waals surface area contributed by atoms with Gasteiger partial charge < -0.3 is 5.32 Å². The highest BCUT2D eigenvalue weighted by Gasteiger charge is 2.37. The number of hydrogen-bond donors (Lipinski definition) is 1. The lowest BCUT2D eigenvalue weighted by molar-refractivity contribution is -0.121. The number of amides is 1. The van der Waals surface area contributed by atoms with Crippen LogP contribution in [0.4, 0.5) is 0 Å². The zero-order valence-electron chi connectivity index (χ0n) is 14.8. The highest BCUT2D eigenvalue weighted by molar-refractivity contribution is 7.87. The summed E-state index contributed by atoms with van der Waals surface area (Å²) < 4.78 is 28.1. The first-order chi connectivity index (χ1) is 12.5. The highest BCUT2D eigenvalue weighted by Crippen LogP contribution is 2.20. The van der Waals surface area contributed by atoms with Gasteiger partial charge in [-0.1, -0.05) is 54.6 Å². The number of benzene rings is 2. The molecule has 26 heavy (non-hydrogen) atoms. The number of nitrogens with zero attached hydrogens (tertiary/aromatic N) is 2. The first-order valence-corrected chi connectivity index (χ1v) is 9.97. The number of rotatable bonds is 6. The summed E-state index contributed by atoms with van der Waals surface area (Å²) in [6.45, 7) is 3.25. The molecule has 7 heteroatoms. The van der Waals surface area contributed by atoms with Gasteiger partial charge in [0, 0.05) is 26.2 Å². The van der Waals surface area contributed by atoms with Crippen LogP contribution in [0, 0.1) is 6.92 Å². The molecule has 0 saturated carbocycles. The fourth-order valence-corrected chi connectivity index (χ4v) is 4.46. The van der Waals surface area contributed by atoms with Crippen molar-refractivity contribution in [2.45, 2.75) is 20.0 Å². The van der Waals surface area contributed by atoms with Crippen LogP contribution >= 0.6 is 0 Å². The summed E-state index contributed by atoms with van der Waals surface area (Å²) in [7, 11) is -3.62. The van der Waals surface area contributed by atoms with Crippen LogP contribution in [0.15, 0.2) is 54.6 Å². The molecular weight excluding hydrogens is 350 g/mol. The van der Waals surface area contributed by atoms with Crippen LogP contribution in [0.2, 0.25) is 0 Å². The number of aryl methyl sites for hydroxylation is 1. The number of nitrogens with one attached hydrogen (secondary N) is 1. The average molecular weight is 373 g/mol. The summed E-state index contributed by atoms with van der Waals surface area (Å²) in [5.74, 6) is -0.296. The molecular formula is C19H23N3O3S. The van der Waals surface area contributed by atoms with Crippen LogP contribution in [0.25, 0.3) is 0 Å². The molecule has 1 amide bonds. The molecule has 2 aromatic carbocycles. The van der Waals surface area contributed by atoms with Crippen LogP contribution in [0.1, 0.15) is 16.7 Å². The number of carbonyl (C=O) groups excluding carboxylic acids is 1. The minimum Gasteiger partial charge on any atom is -0.351 e. The van der Waals surface area contributed by atoms with Crippen molar-refractivity contribution in [2.75, 3.05) is 19.6 Å². The lowest BCUT2D eigenvalue weighted by atomic mass is 10.1. The smallest absolute Gasteiger partial charge is 0.282 e. The fraction of sp³-hybridized carbons (Fsp3) is 0.316. The zero-order chi connectivity index (χ0) is 18.6. The van der Waals surface area contributed by atoms with Gasteiger partial charge in [-0.05, 0) is 23.6 Å². The Labute approximate surface area is 154 Å². The van der Waals surface area contributed by atoms with Gasteiger partial charge in [0.25, 0.3) is 10.2 Å². The Kier molecular flexibility index (Phi) is 5.70. The summed E-state index contributed by atoms with van der Waals surface area (Å²) >= 11 is 0. The minimum atomic E-state index is -3.62. The summed E-state index contributed by atoms with van der Waals surface area (Å²) in [6.07, 6.45) is 0. The van der Waals surface area contributed by atoms with E-state index in [2.05, 4.69) is 5.32 Å². The Bertz CT molecular complexity index is 869. The summed E-state index contributed by atoms with van der Waals surface area (Å²) in [5, 5.41) is 2.77. The van der Waals surface area contributed by atoms with Crippen LogP contribution in [-0.4, -0.2) is 42.6 Å². The second kappa shape index (κ2) is 7.99. The van der Waals surface area contributed by atoms with E-state index in [4.69, 9.17) is 0 Å². The third-order valence-corrected chi connectivity index (χ3v) is 6.44. The molecule has 1 saturated heterocycles. The van der Waals surface area contributed by atoms with E-state index < -0.39 is 10.2 Å². The normalized spacial score (nSPS) is 17.3. The minimum absolute atomic E-state index is 0.153. The van der Waals surface area contributed by atoms with E-state index in [1.54, 1.807) is 0 Å². The average Bonchev–Trinajstić information content (AvgIpc) is 2.90. The number of hydrogen-bond acceptors (Lipinski definition) is 3. The molecule has 138 valence electrons. The molecule has 0 aromatic heterocycles. The van der Waals surface area contributed by atoms with Crippen molar-refractivity contribution in [2.24, 2.45) is 0 Å². The standard InChI is InChI=1S/C19H23N3O3S/c1-16-7-5-6-10-18(16)14-21-11-12-22(26(21,24)25)15-19(23)20-13-17-8-3-2-4-9-17/h2-10H,11-15H2,1H3,(H,20,23). The van der Waals surface area contributed by atoms with Gasteiger partial charge >= 0.3 is 0 Å². The van der Waals surface area contributed by atoms with Crippen molar-refractivity contribution in [1.82, 2.24) is 13.9 Å². The molecule has 0 unspecified atom stereocenters. The van der Waals surface area contributed by atoms with E-state index >= 15 is 0 Å². The molecule has 6 nitrogen and oxygen atoms in total. The van der Waals surface area contributed by atoms with E-state index in [0.29, 0.717) is 26.2 Å². The van der Waals surface area contributed by atoms with Crippen LogP contribution < -0.4 is 5.32 Å². The molecule has 1 N–H and O–H groups in total. The van der Waals surface area contributed by atoms with Crippen molar-refractivity contribution >= 4 is 16.1 Å². The molecule has 0 radical (unpaired) electrons. The first kappa shape index (κ1) is 18.6. The Morgan fingerprint density at radius 3 is 2.38 bits per heavy atom. The first-order valence-electron chi connectivity index (χ1n) is 8.57. The molecule has 3 rings (SSSR count). The van der Waals surface area contributed by atoms with E-state index in [1.165, 1.54) is 8.61 Å². The SMILES string of the molecule is Cc1ccccc1CN1CCN(CC(=O)NCc2ccccc2)S1(=O)=O. The lowest BCUT2D eigenvalue weighted by Gasteiger charge is -2.19. The predicted octanol–water partition coefficient (Wildman–Crippen LogP) is 1.67. The Morgan fingerprint density at radius 2 is 1.65 bits per heavy atom. The summed E-state index contributed by atoms with van der Waals surface area (Å²) in [5.41, 5.74) is 3.01. The monoisotopic (exact) mass is 373 g/mol. The van der Waals surface area contributed by atoms with Gasteiger partial charge in [0.15, 0.2) is 0 Å². The van der Waals surface area contributed by atoms with Gasteiger partial charge in [-0.2, -0.15) is 17.0 Å². The maximum Gasteiger partial charge on any atom is 0.282 e. The molecule has 0 spiro atoms. The van der Waals surface area contributed by atoms with E-state index in [-0.39, 0.29) is 12.5 Å². The molecule has 1 fully saturated rings. The van der Waals surface area contributed by atoms with E-state index in [1.807, 2.05) is 61.5 Å².